The molecule has 1 aromatic heterocycles. The highest BCUT2D eigenvalue weighted by Crippen LogP contribution is 2.29. The summed E-state index contributed by atoms with van der Waals surface area (Å²) < 4.78 is 5.57. The molecule has 2 N–H and O–H groups in total. The molecule has 1 aromatic carbocycles. The lowest BCUT2D eigenvalue weighted by atomic mass is 10.2. The summed E-state index contributed by atoms with van der Waals surface area (Å²) in [6.45, 7) is 7.53. The number of halogens is 1. The van der Waals surface area contributed by atoms with Crippen LogP contribution in [0.25, 0.3) is 11.4 Å². The molecule has 3 heterocycles. The Morgan fingerprint density at radius 2 is 1.86 bits per heavy atom. The van der Waals surface area contributed by atoms with Gasteiger partial charge in [-0.15, -0.1) is 11.8 Å². The second kappa shape index (κ2) is 11.6. The van der Waals surface area contributed by atoms with Crippen LogP contribution >= 0.6 is 23.4 Å². The van der Waals surface area contributed by atoms with Crippen LogP contribution in [-0.4, -0.2) is 78.3 Å². The molecule has 4 rings (SSSR count). The van der Waals surface area contributed by atoms with Gasteiger partial charge in [-0.05, 0) is 31.2 Å². The number of nitrogens with one attached hydrogen (secondary N) is 2. The fourth-order valence-corrected chi connectivity index (χ4v) is 4.86. The number of hydrogen-bond donors (Lipinski definition) is 2. The average molecular weight is 517 g/mol. The number of rotatable bonds is 7. The number of anilines is 2. The molecule has 35 heavy (non-hydrogen) atoms. The summed E-state index contributed by atoms with van der Waals surface area (Å²) in [6, 6.07) is 9.30. The van der Waals surface area contributed by atoms with Gasteiger partial charge in [0.2, 0.25) is 5.91 Å². The smallest absolute Gasteiger partial charge is 0.263 e. The molecule has 2 aliphatic rings. The molecule has 0 radical (unpaired) electrons. The second-order valence-electron chi connectivity index (χ2n) is 8.21. The van der Waals surface area contributed by atoms with Crippen molar-refractivity contribution in [2.24, 2.45) is 0 Å². The first-order valence-electron chi connectivity index (χ1n) is 11.5. The lowest BCUT2D eigenvalue weighted by Crippen LogP contribution is -2.49. The van der Waals surface area contributed by atoms with E-state index >= 15 is 0 Å². The summed E-state index contributed by atoms with van der Waals surface area (Å²) in [5, 5.41) is 6.68. The van der Waals surface area contributed by atoms with E-state index in [4.69, 9.17) is 21.3 Å². The fourth-order valence-electron chi connectivity index (χ4n) is 3.84. The molecule has 1 fully saturated rings. The lowest BCUT2D eigenvalue weighted by molar-refractivity contribution is -0.127. The molecule has 9 nitrogen and oxygen atoms in total. The Morgan fingerprint density at radius 3 is 2.54 bits per heavy atom. The van der Waals surface area contributed by atoms with Gasteiger partial charge in [0, 0.05) is 68.6 Å². The molecule has 186 valence electrons. The number of thioether (sulfide) groups is 1. The number of ether oxygens (including phenoxy) is 1. The fraction of sp³-hybridized carbons (Fsp3) is 0.417. The summed E-state index contributed by atoms with van der Waals surface area (Å²) >= 11 is 7.63. The molecule has 1 saturated heterocycles. The first-order chi connectivity index (χ1) is 16.9. The van der Waals surface area contributed by atoms with Gasteiger partial charge >= 0.3 is 0 Å². The number of carbonyl (C=O) groups excluding carboxylic acids is 2. The van der Waals surface area contributed by atoms with Gasteiger partial charge in [-0.2, -0.15) is 0 Å². The van der Waals surface area contributed by atoms with Crippen molar-refractivity contribution in [3.05, 3.63) is 46.0 Å². The molecule has 0 unspecified atom stereocenters. The maximum atomic E-state index is 13.0. The normalized spacial score (nSPS) is 16.1. The van der Waals surface area contributed by atoms with Crippen molar-refractivity contribution in [3.63, 3.8) is 0 Å². The molecular formula is C24H29ClN6O3S. The molecule has 0 saturated carbocycles. The maximum absolute atomic E-state index is 13.0. The van der Waals surface area contributed by atoms with Crippen molar-refractivity contribution in [2.45, 2.75) is 13.8 Å². The minimum Gasteiger partial charge on any atom is -0.496 e. The lowest BCUT2D eigenvalue weighted by Gasteiger charge is -2.36. The minimum absolute atomic E-state index is 0.0386. The Kier molecular flexibility index (Phi) is 8.35. The Labute approximate surface area is 214 Å². The van der Waals surface area contributed by atoms with Crippen LogP contribution in [0.1, 0.15) is 13.8 Å². The first-order valence-corrected chi connectivity index (χ1v) is 12.9. The van der Waals surface area contributed by atoms with Crippen LogP contribution in [-0.2, 0) is 14.3 Å². The van der Waals surface area contributed by atoms with E-state index in [0.717, 1.165) is 17.1 Å². The SMILES string of the molecule is CC(=O)NCCNc1cc(N2CCN(C(=O)C3=C(C)OCCS3)CC2)nc(-c2ccc(Cl)cc2)n1. The molecule has 0 atom stereocenters. The van der Waals surface area contributed by atoms with Crippen molar-refractivity contribution in [1.82, 2.24) is 20.2 Å². The van der Waals surface area contributed by atoms with Crippen LogP contribution < -0.4 is 15.5 Å². The third-order valence-corrected chi connectivity index (χ3v) is 7.05. The first kappa shape index (κ1) is 25.1. The van der Waals surface area contributed by atoms with Gasteiger partial charge < -0.3 is 25.2 Å². The van der Waals surface area contributed by atoms with E-state index in [-0.39, 0.29) is 11.8 Å². The second-order valence-corrected chi connectivity index (χ2v) is 9.75. The summed E-state index contributed by atoms with van der Waals surface area (Å²) in [5.74, 6) is 3.50. The van der Waals surface area contributed by atoms with Gasteiger partial charge in [0.15, 0.2) is 5.82 Å². The minimum atomic E-state index is -0.0754. The van der Waals surface area contributed by atoms with Gasteiger partial charge in [0.25, 0.3) is 5.91 Å². The number of allylic oxidation sites excluding steroid dienone is 1. The number of benzene rings is 1. The topological polar surface area (TPSA) is 99.7 Å². The van der Waals surface area contributed by atoms with Crippen LogP contribution in [0, 0.1) is 0 Å². The predicted octanol–water partition coefficient (Wildman–Crippen LogP) is 2.99. The summed E-state index contributed by atoms with van der Waals surface area (Å²) in [5.41, 5.74) is 0.853. The zero-order chi connectivity index (χ0) is 24.8. The van der Waals surface area contributed by atoms with E-state index in [0.29, 0.717) is 73.2 Å². The number of piperazine rings is 1. The number of aromatic nitrogens is 2. The molecule has 0 spiro atoms. The van der Waals surface area contributed by atoms with Crippen molar-refractivity contribution in [2.75, 3.05) is 61.8 Å². The molecule has 0 bridgehead atoms. The quantitative estimate of drug-likeness (QED) is 0.542. The highest BCUT2D eigenvalue weighted by Gasteiger charge is 2.28. The highest BCUT2D eigenvalue weighted by atomic mass is 35.5. The molecule has 2 aliphatic heterocycles. The summed E-state index contributed by atoms with van der Waals surface area (Å²) in [6.07, 6.45) is 0. The van der Waals surface area contributed by atoms with Gasteiger partial charge in [0.1, 0.15) is 22.3 Å². The van der Waals surface area contributed by atoms with E-state index in [9.17, 15) is 9.59 Å². The molecule has 11 heteroatoms. The van der Waals surface area contributed by atoms with E-state index in [1.807, 2.05) is 42.2 Å². The van der Waals surface area contributed by atoms with Crippen LogP contribution in [0.2, 0.25) is 5.02 Å². The van der Waals surface area contributed by atoms with Crippen LogP contribution in [0.5, 0.6) is 0 Å². The van der Waals surface area contributed by atoms with Crippen LogP contribution in [0.4, 0.5) is 11.6 Å². The molecule has 2 aromatic rings. The number of amides is 2. The third-order valence-electron chi connectivity index (χ3n) is 5.67. The monoisotopic (exact) mass is 516 g/mol. The zero-order valence-electron chi connectivity index (χ0n) is 19.8. The Morgan fingerprint density at radius 1 is 1.11 bits per heavy atom. The third kappa shape index (κ3) is 6.58. The Balaban J connectivity index is 1.49. The Bertz CT molecular complexity index is 1100. The predicted molar refractivity (Wildman–Crippen MR) is 140 cm³/mol. The maximum Gasteiger partial charge on any atom is 0.263 e. The Hall–Kier alpha value is -2.98. The van der Waals surface area contributed by atoms with Crippen LogP contribution in [0.15, 0.2) is 41.0 Å². The van der Waals surface area contributed by atoms with Gasteiger partial charge in [-0.25, -0.2) is 9.97 Å². The molecule has 2 amide bonds. The number of nitrogens with zero attached hydrogens (tertiary/aromatic N) is 4. The van der Waals surface area contributed by atoms with Gasteiger partial charge in [0.05, 0.1) is 6.61 Å². The molecule has 0 aliphatic carbocycles. The van der Waals surface area contributed by atoms with Gasteiger partial charge in [-0.3, -0.25) is 9.59 Å². The zero-order valence-corrected chi connectivity index (χ0v) is 21.4. The van der Waals surface area contributed by atoms with Crippen molar-refractivity contribution in [3.8, 4) is 11.4 Å². The van der Waals surface area contributed by atoms with E-state index in [1.165, 1.54) is 6.92 Å². The summed E-state index contributed by atoms with van der Waals surface area (Å²) in [7, 11) is 0. The molecular weight excluding hydrogens is 488 g/mol. The number of carbonyl (C=O) groups is 2. The highest BCUT2D eigenvalue weighted by molar-refractivity contribution is 8.04. The summed E-state index contributed by atoms with van der Waals surface area (Å²) in [4.78, 5) is 38.4. The van der Waals surface area contributed by atoms with Crippen molar-refractivity contribution >= 4 is 46.8 Å². The van der Waals surface area contributed by atoms with Crippen molar-refractivity contribution < 1.29 is 14.3 Å². The van der Waals surface area contributed by atoms with E-state index < -0.39 is 0 Å². The van der Waals surface area contributed by atoms with Crippen molar-refractivity contribution in [1.29, 1.82) is 0 Å². The van der Waals surface area contributed by atoms with E-state index in [2.05, 4.69) is 20.5 Å². The largest absolute Gasteiger partial charge is 0.496 e. The number of hydrogen-bond acceptors (Lipinski definition) is 8. The standard InChI is InChI=1S/C24H29ClN6O3S/c1-16-22(35-14-13-34-16)24(33)31-11-9-30(10-12-31)21-15-20(27-8-7-26-17(2)32)28-23(29-21)18-3-5-19(25)6-4-18/h3-6,15H,7-14H2,1-2H3,(H,26,32)(H,27,28,29). The van der Waals surface area contributed by atoms with Gasteiger partial charge in [-0.1, -0.05) is 11.6 Å². The van der Waals surface area contributed by atoms with Crippen LogP contribution in [0.3, 0.4) is 0 Å². The van der Waals surface area contributed by atoms with E-state index in [1.54, 1.807) is 11.8 Å². The average Bonchev–Trinajstić information content (AvgIpc) is 2.87.